The molecule has 4 aromatic rings. The average molecular weight is 412 g/mol. The molecule has 0 atom stereocenters. The van der Waals surface area contributed by atoms with Crippen LogP contribution in [-0.2, 0) is 13.1 Å². The molecule has 1 amide bonds. The van der Waals surface area contributed by atoms with Crippen molar-refractivity contribution in [3.05, 3.63) is 76.3 Å². The molecule has 148 valence electrons. The number of hydrogen-bond donors (Lipinski definition) is 1. The molecule has 0 radical (unpaired) electrons. The number of amides is 1. The number of imidazole rings is 1. The van der Waals surface area contributed by atoms with Crippen LogP contribution in [-0.4, -0.2) is 25.2 Å². The molecule has 0 aliphatic rings. The number of benzene rings is 2. The van der Waals surface area contributed by atoms with Gasteiger partial charge in [0.2, 0.25) is 5.95 Å². The second kappa shape index (κ2) is 7.67. The van der Waals surface area contributed by atoms with Gasteiger partial charge in [-0.15, -0.1) is 0 Å². The molecule has 0 saturated heterocycles. The van der Waals surface area contributed by atoms with Gasteiger partial charge in [-0.25, -0.2) is 14.1 Å². The zero-order chi connectivity index (χ0) is 20.5. The average Bonchev–Trinajstić information content (AvgIpc) is 3.19. The maximum absolute atomic E-state index is 13.1. The van der Waals surface area contributed by atoms with Crippen LogP contribution in [0.15, 0.2) is 48.5 Å². The Kier molecular flexibility index (Phi) is 5.07. The fourth-order valence-electron chi connectivity index (χ4n) is 3.33. The van der Waals surface area contributed by atoms with E-state index in [2.05, 4.69) is 15.4 Å². The number of fused-ring (bicyclic) bond motifs is 1. The van der Waals surface area contributed by atoms with Gasteiger partial charge in [0.05, 0.1) is 28.8 Å². The van der Waals surface area contributed by atoms with E-state index in [1.54, 1.807) is 19.1 Å². The molecule has 8 heteroatoms. The number of hydrogen-bond acceptors (Lipinski definition) is 3. The van der Waals surface area contributed by atoms with E-state index in [4.69, 9.17) is 11.6 Å². The minimum Gasteiger partial charge on any atom is -0.310 e. The number of anilines is 1. The van der Waals surface area contributed by atoms with Crippen molar-refractivity contribution in [1.82, 2.24) is 19.3 Å². The predicted octanol–water partition coefficient (Wildman–Crippen LogP) is 4.65. The third-order valence-electron chi connectivity index (χ3n) is 4.73. The van der Waals surface area contributed by atoms with E-state index in [0.717, 1.165) is 16.6 Å². The van der Waals surface area contributed by atoms with Gasteiger partial charge in [0, 0.05) is 6.54 Å². The Balaban J connectivity index is 1.63. The summed E-state index contributed by atoms with van der Waals surface area (Å²) >= 11 is 6.46. The number of aromatic nitrogens is 4. The smallest absolute Gasteiger partial charge is 0.263 e. The zero-order valence-corrected chi connectivity index (χ0v) is 16.7. The van der Waals surface area contributed by atoms with Crippen LogP contribution < -0.4 is 5.32 Å². The third-order valence-corrected chi connectivity index (χ3v) is 5.12. The fourth-order valence-corrected chi connectivity index (χ4v) is 3.65. The van der Waals surface area contributed by atoms with Crippen LogP contribution in [0.5, 0.6) is 0 Å². The molecule has 6 nitrogen and oxygen atoms in total. The van der Waals surface area contributed by atoms with Gasteiger partial charge in [0.15, 0.2) is 0 Å². The van der Waals surface area contributed by atoms with Crippen LogP contribution in [0.25, 0.3) is 11.0 Å². The second-order valence-electron chi connectivity index (χ2n) is 6.66. The topological polar surface area (TPSA) is 64.7 Å². The minimum atomic E-state index is -0.372. The van der Waals surface area contributed by atoms with Crippen LogP contribution in [0.4, 0.5) is 10.3 Å². The monoisotopic (exact) mass is 411 g/mol. The van der Waals surface area contributed by atoms with E-state index < -0.39 is 0 Å². The van der Waals surface area contributed by atoms with Crippen molar-refractivity contribution in [2.24, 2.45) is 0 Å². The summed E-state index contributed by atoms with van der Waals surface area (Å²) in [5.41, 5.74) is 3.38. The van der Waals surface area contributed by atoms with Gasteiger partial charge < -0.3 is 4.57 Å². The summed E-state index contributed by atoms with van der Waals surface area (Å²) in [5.74, 6) is -0.223. The van der Waals surface area contributed by atoms with Crippen molar-refractivity contribution < 1.29 is 9.18 Å². The van der Waals surface area contributed by atoms with Gasteiger partial charge in [0.25, 0.3) is 5.91 Å². The quantitative estimate of drug-likeness (QED) is 0.519. The maximum Gasteiger partial charge on any atom is 0.263 e. The van der Waals surface area contributed by atoms with E-state index in [1.807, 2.05) is 35.8 Å². The van der Waals surface area contributed by atoms with Crippen molar-refractivity contribution in [2.45, 2.75) is 26.9 Å². The Labute approximate surface area is 171 Å². The highest BCUT2D eigenvalue weighted by Crippen LogP contribution is 2.24. The van der Waals surface area contributed by atoms with Crippen LogP contribution in [0, 0.1) is 12.7 Å². The molecule has 2 heterocycles. The summed E-state index contributed by atoms with van der Waals surface area (Å²) in [4.78, 5) is 17.5. The standard InChI is InChI=1S/C21H19ClFN5O/c1-3-27-17-7-5-4-6-16(17)24-21(27)25-20(29)18-13(2)26-28(19(18)22)12-14-8-10-15(23)11-9-14/h4-11H,3,12H2,1-2H3,(H,24,25,29). The molecule has 0 fully saturated rings. The summed E-state index contributed by atoms with van der Waals surface area (Å²) < 4.78 is 16.6. The molecule has 0 unspecified atom stereocenters. The van der Waals surface area contributed by atoms with Crippen molar-refractivity contribution in [3.8, 4) is 0 Å². The summed E-state index contributed by atoms with van der Waals surface area (Å²) in [6.07, 6.45) is 0. The van der Waals surface area contributed by atoms with Crippen molar-refractivity contribution in [1.29, 1.82) is 0 Å². The Morgan fingerprint density at radius 2 is 1.90 bits per heavy atom. The van der Waals surface area contributed by atoms with Crippen LogP contribution in [0.1, 0.15) is 28.5 Å². The number of rotatable bonds is 5. The van der Waals surface area contributed by atoms with Gasteiger partial charge in [0.1, 0.15) is 11.0 Å². The van der Waals surface area contributed by atoms with E-state index >= 15 is 0 Å². The lowest BCUT2D eigenvalue weighted by Gasteiger charge is -2.08. The number of halogens is 2. The predicted molar refractivity (Wildman–Crippen MR) is 111 cm³/mol. The van der Waals surface area contributed by atoms with E-state index in [0.29, 0.717) is 30.3 Å². The number of nitrogens with zero attached hydrogens (tertiary/aromatic N) is 4. The van der Waals surface area contributed by atoms with Crippen molar-refractivity contribution >= 4 is 34.5 Å². The first-order valence-electron chi connectivity index (χ1n) is 9.22. The molecule has 0 spiro atoms. The third kappa shape index (κ3) is 3.61. The van der Waals surface area contributed by atoms with Gasteiger partial charge in [-0.1, -0.05) is 35.9 Å². The lowest BCUT2D eigenvalue weighted by molar-refractivity contribution is 0.102. The summed E-state index contributed by atoms with van der Waals surface area (Å²) in [7, 11) is 0. The lowest BCUT2D eigenvalue weighted by atomic mass is 10.2. The first kappa shape index (κ1) is 19.1. The number of carbonyl (C=O) groups excluding carboxylic acids is 1. The van der Waals surface area contributed by atoms with E-state index in [9.17, 15) is 9.18 Å². The van der Waals surface area contributed by atoms with Crippen molar-refractivity contribution in [2.75, 3.05) is 5.32 Å². The van der Waals surface area contributed by atoms with E-state index in [-0.39, 0.29) is 16.9 Å². The molecule has 1 N–H and O–H groups in total. The van der Waals surface area contributed by atoms with Gasteiger partial charge in [-0.3, -0.25) is 10.1 Å². The summed E-state index contributed by atoms with van der Waals surface area (Å²) in [5, 5.41) is 7.46. The summed E-state index contributed by atoms with van der Waals surface area (Å²) in [6, 6.07) is 13.8. The second-order valence-corrected chi connectivity index (χ2v) is 7.02. The van der Waals surface area contributed by atoms with Gasteiger partial charge >= 0.3 is 0 Å². The van der Waals surface area contributed by atoms with Crippen molar-refractivity contribution in [3.63, 3.8) is 0 Å². The molecular weight excluding hydrogens is 393 g/mol. The Morgan fingerprint density at radius 3 is 2.62 bits per heavy atom. The first-order chi connectivity index (χ1) is 14.0. The fraction of sp³-hybridized carbons (Fsp3) is 0.190. The highest BCUT2D eigenvalue weighted by Gasteiger charge is 2.22. The van der Waals surface area contributed by atoms with Crippen LogP contribution in [0.3, 0.4) is 0 Å². The molecule has 0 aliphatic heterocycles. The lowest BCUT2D eigenvalue weighted by Crippen LogP contribution is -2.16. The van der Waals surface area contributed by atoms with Crippen LogP contribution in [0.2, 0.25) is 5.15 Å². The zero-order valence-electron chi connectivity index (χ0n) is 16.0. The van der Waals surface area contributed by atoms with Gasteiger partial charge in [-0.05, 0) is 43.7 Å². The molecule has 4 rings (SSSR count). The molecular formula is C21H19ClFN5O. The molecule has 0 bridgehead atoms. The SMILES string of the molecule is CCn1c(NC(=O)c2c(C)nn(Cc3ccc(F)cc3)c2Cl)nc2ccccc21. The highest BCUT2D eigenvalue weighted by atomic mass is 35.5. The Bertz CT molecular complexity index is 1200. The number of nitrogens with one attached hydrogen (secondary N) is 1. The van der Waals surface area contributed by atoms with Gasteiger partial charge in [-0.2, -0.15) is 5.10 Å². The Morgan fingerprint density at radius 1 is 1.17 bits per heavy atom. The minimum absolute atomic E-state index is 0.225. The molecule has 2 aromatic heterocycles. The highest BCUT2D eigenvalue weighted by molar-refractivity contribution is 6.33. The number of aryl methyl sites for hydroxylation is 2. The first-order valence-corrected chi connectivity index (χ1v) is 9.59. The van der Waals surface area contributed by atoms with E-state index in [1.165, 1.54) is 16.8 Å². The normalized spacial score (nSPS) is 11.2. The van der Waals surface area contributed by atoms with Crippen LogP contribution >= 0.6 is 11.6 Å². The number of carbonyl (C=O) groups is 1. The largest absolute Gasteiger partial charge is 0.310 e. The Hall–Kier alpha value is -3.19. The molecule has 0 aliphatic carbocycles. The maximum atomic E-state index is 13.1. The molecule has 2 aromatic carbocycles. The molecule has 29 heavy (non-hydrogen) atoms. The molecule has 0 saturated carbocycles. The number of para-hydroxylation sites is 2. The summed E-state index contributed by atoms with van der Waals surface area (Å²) in [6.45, 7) is 4.71.